The molecule has 0 saturated carbocycles. The van der Waals surface area contributed by atoms with Gasteiger partial charge in [0.15, 0.2) is 0 Å². The Bertz CT molecular complexity index is 237. The molecule has 1 unspecified atom stereocenters. The van der Waals surface area contributed by atoms with Gasteiger partial charge < -0.3 is 15.1 Å². The molecule has 1 aliphatic rings. The second kappa shape index (κ2) is 8.48. The lowest BCUT2D eigenvalue weighted by molar-refractivity contribution is -0.131. The number of amides is 1. The molecule has 1 N–H and O–H groups in total. The molecule has 0 spiro atoms. The summed E-state index contributed by atoms with van der Waals surface area (Å²) in [6.07, 6.45) is 4.08. The minimum atomic E-state index is 0.336. The Morgan fingerprint density at radius 1 is 1.33 bits per heavy atom. The number of hydrogen-bond donors (Lipinski definition) is 1. The fourth-order valence-electron chi connectivity index (χ4n) is 2.48. The Balaban J connectivity index is 2.18. The number of hydrogen-bond acceptors (Lipinski definition) is 3. The lowest BCUT2D eigenvalue weighted by Crippen LogP contribution is -2.33. The molecule has 0 bridgehead atoms. The molecule has 0 radical (unpaired) electrons. The third-order valence-electron chi connectivity index (χ3n) is 3.70. The molecule has 0 aromatic rings. The molecule has 0 aliphatic carbocycles. The van der Waals surface area contributed by atoms with E-state index in [1.165, 1.54) is 6.42 Å². The Hall–Kier alpha value is -0.610. The van der Waals surface area contributed by atoms with Crippen molar-refractivity contribution in [1.29, 1.82) is 0 Å². The third-order valence-corrected chi connectivity index (χ3v) is 3.70. The van der Waals surface area contributed by atoms with Crippen LogP contribution in [0.3, 0.4) is 0 Å². The standard InChI is InChI=1S/C14H29N3O/c1-4-17(11-5-10-16(2)3)14(18)7-6-13-8-9-15-12-13/h13,15H,4-12H2,1-3H3. The normalized spacial score (nSPS) is 19.4. The van der Waals surface area contributed by atoms with Crippen LogP contribution in [0.25, 0.3) is 0 Å². The van der Waals surface area contributed by atoms with Crippen molar-refractivity contribution in [2.75, 3.05) is 46.8 Å². The molecule has 106 valence electrons. The van der Waals surface area contributed by atoms with Gasteiger partial charge in [-0.1, -0.05) is 0 Å². The summed E-state index contributed by atoms with van der Waals surface area (Å²) in [7, 11) is 4.15. The van der Waals surface area contributed by atoms with Gasteiger partial charge in [-0.15, -0.1) is 0 Å². The molecule has 1 atom stereocenters. The summed E-state index contributed by atoms with van der Waals surface area (Å²) in [6, 6.07) is 0. The minimum Gasteiger partial charge on any atom is -0.343 e. The van der Waals surface area contributed by atoms with E-state index >= 15 is 0 Å². The maximum Gasteiger partial charge on any atom is 0.222 e. The van der Waals surface area contributed by atoms with E-state index in [9.17, 15) is 4.79 Å². The van der Waals surface area contributed by atoms with Crippen LogP contribution in [0, 0.1) is 5.92 Å². The molecule has 1 heterocycles. The van der Waals surface area contributed by atoms with E-state index in [-0.39, 0.29) is 0 Å². The highest BCUT2D eigenvalue weighted by Gasteiger charge is 2.17. The zero-order chi connectivity index (χ0) is 13.4. The SMILES string of the molecule is CCN(CCCN(C)C)C(=O)CCC1CCNC1. The van der Waals surface area contributed by atoms with Crippen molar-refractivity contribution in [2.45, 2.75) is 32.6 Å². The van der Waals surface area contributed by atoms with Gasteiger partial charge in [-0.25, -0.2) is 0 Å². The minimum absolute atomic E-state index is 0.336. The van der Waals surface area contributed by atoms with Gasteiger partial charge in [0.1, 0.15) is 0 Å². The quantitative estimate of drug-likeness (QED) is 0.707. The van der Waals surface area contributed by atoms with Crippen molar-refractivity contribution in [3.05, 3.63) is 0 Å². The first-order valence-electron chi connectivity index (χ1n) is 7.26. The monoisotopic (exact) mass is 255 g/mol. The van der Waals surface area contributed by atoms with Crippen LogP contribution in [0.1, 0.15) is 32.6 Å². The third kappa shape index (κ3) is 5.83. The largest absolute Gasteiger partial charge is 0.343 e. The summed E-state index contributed by atoms with van der Waals surface area (Å²) in [5, 5.41) is 3.36. The maximum atomic E-state index is 12.1. The number of carbonyl (C=O) groups is 1. The molecule has 18 heavy (non-hydrogen) atoms. The van der Waals surface area contributed by atoms with Crippen LogP contribution in [-0.4, -0.2) is 62.5 Å². The van der Waals surface area contributed by atoms with Gasteiger partial charge in [0, 0.05) is 19.5 Å². The van der Waals surface area contributed by atoms with Crippen LogP contribution >= 0.6 is 0 Å². The second-order valence-electron chi connectivity index (χ2n) is 5.53. The van der Waals surface area contributed by atoms with E-state index < -0.39 is 0 Å². The van der Waals surface area contributed by atoms with Crippen molar-refractivity contribution < 1.29 is 4.79 Å². The first-order valence-corrected chi connectivity index (χ1v) is 7.26. The van der Waals surface area contributed by atoms with Gasteiger partial charge >= 0.3 is 0 Å². The van der Waals surface area contributed by atoms with Crippen LogP contribution in [0.4, 0.5) is 0 Å². The average molecular weight is 255 g/mol. The molecule has 0 aromatic heterocycles. The maximum absolute atomic E-state index is 12.1. The van der Waals surface area contributed by atoms with Crippen molar-refractivity contribution in [2.24, 2.45) is 5.92 Å². The van der Waals surface area contributed by atoms with Gasteiger partial charge in [0.25, 0.3) is 0 Å². The lowest BCUT2D eigenvalue weighted by Gasteiger charge is -2.22. The molecule has 0 aromatic carbocycles. The molecule has 1 saturated heterocycles. The summed E-state index contributed by atoms with van der Waals surface area (Å²) in [5.41, 5.74) is 0. The molecule has 4 heteroatoms. The molecular formula is C14H29N3O. The van der Waals surface area contributed by atoms with Gasteiger partial charge in [0.05, 0.1) is 0 Å². The summed E-state index contributed by atoms with van der Waals surface area (Å²) in [6.45, 7) is 7.09. The summed E-state index contributed by atoms with van der Waals surface area (Å²) < 4.78 is 0. The van der Waals surface area contributed by atoms with Crippen LogP contribution in [0.2, 0.25) is 0 Å². The van der Waals surface area contributed by atoms with Gasteiger partial charge in [-0.2, -0.15) is 0 Å². The van der Waals surface area contributed by atoms with Crippen LogP contribution in [0.15, 0.2) is 0 Å². The van der Waals surface area contributed by atoms with E-state index in [4.69, 9.17) is 0 Å². The molecule has 4 nitrogen and oxygen atoms in total. The molecule has 1 amide bonds. The molecular weight excluding hydrogens is 226 g/mol. The molecule has 1 fully saturated rings. The van der Waals surface area contributed by atoms with Crippen LogP contribution in [-0.2, 0) is 4.79 Å². The topological polar surface area (TPSA) is 35.6 Å². The smallest absolute Gasteiger partial charge is 0.222 e. The highest BCUT2D eigenvalue weighted by Crippen LogP contribution is 2.15. The van der Waals surface area contributed by atoms with Gasteiger partial charge in [-0.3, -0.25) is 4.79 Å². The number of rotatable bonds is 8. The summed E-state index contributed by atoms with van der Waals surface area (Å²) in [4.78, 5) is 16.3. The number of nitrogens with zero attached hydrogens (tertiary/aromatic N) is 2. The predicted octanol–water partition coefficient (Wildman–Crippen LogP) is 1.18. The zero-order valence-electron chi connectivity index (χ0n) is 12.2. The summed E-state index contributed by atoms with van der Waals surface area (Å²) in [5.74, 6) is 1.05. The zero-order valence-corrected chi connectivity index (χ0v) is 12.2. The molecule has 1 aliphatic heterocycles. The van der Waals surface area contributed by atoms with E-state index in [0.29, 0.717) is 5.91 Å². The fraction of sp³-hybridized carbons (Fsp3) is 0.929. The Morgan fingerprint density at radius 3 is 2.67 bits per heavy atom. The fourth-order valence-corrected chi connectivity index (χ4v) is 2.48. The highest BCUT2D eigenvalue weighted by atomic mass is 16.2. The first-order chi connectivity index (χ1) is 8.63. The van der Waals surface area contributed by atoms with Crippen LogP contribution < -0.4 is 5.32 Å². The Kier molecular flexibility index (Phi) is 7.28. The Morgan fingerprint density at radius 2 is 2.11 bits per heavy atom. The number of carbonyl (C=O) groups excluding carboxylic acids is 1. The second-order valence-corrected chi connectivity index (χ2v) is 5.53. The predicted molar refractivity (Wildman–Crippen MR) is 75.6 cm³/mol. The van der Waals surface area contributed by atoms with Gasteiger partial charge in [0.2, 0.25) is 5.91 Å². The molecule has 1 rings (SSSR count). The van der Waals surface area contributed by atoms with E-state index in [0.717, 1.165) is 57.9 Å². The first kappa shape index (κ1) is 15.4. The Labute approximate surface area is 112 Å². The van der Waals surface area contributed by atoms with Crippen molar-refractivity contribution in [1.82, 2.24) is 15.1 Å². The van der Waals surface area contributed by atoms with Crippen molar-refractivity contribution in [3.63, 3.8) is 0 Å². The number of nitrogens with one attached hydrogen (secondary N) is 1. The van der Waals surface area contributed by atoms with Crippen LogP contribution in [0.5, 0.6) is 0 Å². The van der Waals surface area contributed by atoms with Gasteiger partial charge in [-0.05, 0) is 65.8 Å². The lowest BCUT2D eigenvalue weighted by atomic mass is 10.0. The van der Waals surface area contributed by atoms with Crippen molar-refractivity contribution in [3.8, 4) is 0 Å². The van der Waals surface area contributed by atoms with E-state index in [1.54, 1.807) is 0 Å². The average Bonchev–Trinajstić information content (AvgIpc) is 2.84. The van der Waals surface area contributed by atoms with Crippen molar-refractivity contribution >= 4 is 5.91 Å². The summed E-state index contributed by atoms with van der Waals surface area (Å²) >= 11 is 0. The highest BCUT2D eigenvalue weighted by molar-refractivity contribution is 5.76. The van der Waals surface area contributed by atoms with E-state index in [1.807, 2.05) is 4.90 Å². The van der Waals surface area contributed by atoms with E-state index in [2.05, 4.69) is 31.2 Å².